The number of ether oxygens (including phenoxy) is 1. The highest BCUT2D eigenvalue weighted by atomic mass is 32.2. The Morgan fingerprint density at radius 2 is 2.00 bits per heavy atom. The second-order valence-electron chi connectivity index (χ2n) is 3.84. The summed E-state index contributed by atoms with van der Waals surface area (Å²) >= 11 is 0. The highest BCUT2D eigenvalue weighted by Gasteiger charge is 2.27. The first kappa shape index (κ1) is 12.9. The standard InChI is InChI=1S/C9H19NO4S/c1-14-8-9-2-4-10(5-3-9)15(12,13)7-6-11/h9,11H,2-8H2,1H3. The topological polar surface area (TPSA) is 66.8 Å². The number of hydrogen-bond donors (Lipinski definition) is 1. The summed E-state index contributed by atoms with van der Waals surface area (Å²) in [5.41, 5.74) is 0. The molecule has 0 aliphatic carbocycles. The highest BCUT2D eigenvalue weighted by Crippen LogP contribution is 2.19. The first-order valence-corrected chi connectivity index (χ1v) is 6.78. The van der Waals surface area contributed by atoms with E-state index in [9.17, 15) is 8.42 Å². The molecule has 1 heterocycles. The van der Waals surface area contributed by atoms with Gasteiger partial charge in [0.05, 0.1) is 12.4 Å². The Labute approximate surface area is 91.1 Å². The van der Waals surface area contributed by atoms with Crippen LogP contribution in [0.25, 0.3) is 0 Å². The van der Waals surface area contributed by atoms with Gasteiger partial charge in [-0.05, 0) is 18.8 Å². The van der Waals surface area contributed by atoms with E-state index in [-0.39, 0.29) is 12.4 Å². The molecule has 0 spiro atoms. The lowest BCUT2D eigenvalue weighted by atomic mass is 9.99. The van der Waals surface area contributed by atoms with E-state index in [1.807, 2.05) is 0 Å². The molecule has 0 aromatic carbocycles. The third kappa shape index (κ3) is 3.71. The largest absolute Gasteiger partial charge is 0.395 e. The molecule has 0 saturated carbocycles. The molecule has 0 unspecified atom stereocenters. The van der Waals surface area contributed by atoms with Crippen LogP contribution in [0, 0.1) is 5.92 Å². The Bertz CT molecular complexity index is 270. The van der Waals surface area contributed by atoms with E-state index in [1.54, 1.807) is 7.11 Å². The molecule has 1 aliphatic rings. The lowest BCUT2D eigenvalue weighted by Crippen LogP contribution is -2.41. The van der Waals surface area contributed by atoms with Gasteiger partial charge in [-0.15, -0.1) is 0 Å². The summed E-state index contributed by atoms with van der Waals surface area (Å²) in [5.74, 6) is 0.303. The molecule has 6 heteroatoms. The smallest absolute Gasteiger partial charge is 0.216 e. The Morgan fingerprint density at radius 3 is 2.47 bits per heavy atom. The van der Waals surface area contributed by atoms with E-state index in [1.165, 1.54) is 4.31 Å². The van der Waals surface area contributed by atoms with Crippen LogP contribution in [0.4, 0.5) is 0 Å². The molecule has 0 amide bonds. The van der Waals surface area contributed by atoms with E-state index in [2.05, 4.69) is 0 Å². The van der Waals surface area contributed by atoms with Crippen LogP contribution in [0.5, 0.6) is 0 Å². The van der Waals surface area contributed by atoms with Crippen molar-refractivity contribution < 1.29 is 18.3 Å². The molecular formula is C9H19NO4S. The molecule has 0 aromatic rings. The van der Waals surface area contributed by atoms with Gasteiger partial charge >= 0.3 is 0 Å². The Kier molecular flexibility index (Phi) is 4.98. The fourth-order valence-corrected chi connectivity index (χ4v) is 3.09. The number of sulfonamides is 1. The molecule has 1 aliphatic heterocycles. The van der Waals surface area contributed by atoms with Crippen molar-refractivity contribution in [1.29, 1.82) is 0 Å². The molecule has 0 atom stereocenters. The average Bonchev–Trinajstić information content (AvgIpc) is 2.19. The third-order valence-electron chi connectivity index (χ3n) is 2.72. The van der Waals surface area contributed by atoms with E-state index in [0.717, 1.165) is 12.8 Å². The van der Waals surface area contributed by atoms with E-state index >= 15 is 0 Å². The van der Waals surface area contributed by atoms with Crippen LogP contribution in [0.15, 0.2) is 0 Å². The van der Waals surface area contributed by atoms with E-state index < -0.39 is 10.0 Å². The number of aliphatic hydroxyl groups excluding tert-OH is 1. The SMILES string of the molecule is COCC1CCN(S(=O)(=O)CCO)CC1. The minimum absolute atomic E-state index is 0.165. The molecule has 15 heavy (non-hydrogen) atoms. The molecule has 5 nitrogen and oxygen atoms in total. The summed E-state index contributed by atoms with van der Waals surface area (Å²) in [6, 6.07) is 0. The Balaban J connectivity index is 2.43. The fraction of sp³-hybridized carbons (Fsp3) is 1.00. The van der Waals surface area contributed by atoms with E-state index in [0.29, 0.717) is 25.6 Å². The first-order chi connectivity index (χ1) is 7.10. The van der Waals surface area contributed by atoms with Crippen LogP contribution >= 0.6 is 0 Å². The van der Waals surface area contributed by atoms with Gasteiger partial charge in [-0.25, -0.2) is 12.7 Å². The van der Waals surface area contributed by atoms with Crippen molar-refractivity contribution in [3.63, 3.8) is 0 Å². The van der Waals surface area contributed by atoms with Gasteiger partial charge in [0.15, 0.2) is 0 Å². The molecule has 1 fully saturated rings. The molecular weight excluding hydrogens is 218 g/mol. The van der Waals surface area contributed by atoms with Gasteiger partial charge < -0.3 is 9.84 Å². The Morgan fingerprint density at radius 1 is 1.40 bits per heavy atom. The van der Waals surface area contributed by atoms with Gasteiger partial charge in [0.2, 0.25) is 10.0 Å². The van der Waals surface area contributed by atoms with Crippen LogP contribution in [0.2, 0.25) is 0 Å². The predicted octanol–water partition coefficient (Wildman–Crippen LogP) is -0.333. The van der Waals surface area contributed by atoms with Gasteiger partial charge in [-0.2, -0.15) is 0 Å². The highest BCUT2D eigenvalue weighted by molar-refractivity contribution is 7.89. The summed E-state index contributed by atoms with van der Waals surface area (Å²) in [5, 5.41) is 8.64. The number of aliphatic hydroxyl groups is 1. The van der Waals surface area contributed by atoms with Crippen molar-refractivity contribution in [1.82, 2.24) is 4.31 Å². The minimum atomic E-state index is -3.23. The van der Waals surface area contributed by atoms with Crippen molar-refractivity contribution >= 4 is 10.0 Å². The zero-order valence-corrected chi connectivity index (χ0v) is 9.87. The van der Waals surface area contributed by atoms with Crippen LogP contribution in [-0.2, 0) is 14.8 Å². The van der Waals surface area contributed by atoms with Crippen LogP contribution in [-0.4, -0.2) is 57.0 Å². The van der Waals surface area contributed by atoms with Gasteiger partial charge in [0, 0.05) is 26.8 Å². The summed E-state index contributed by atoms with van der Waals surface area (Å²) < 4.78 is 29.7. The molecule has 1 saturated heterocycles. The normalized spacial score (nSPS) is 20.7. The maximum Gasteiger partial charge on any atom is 0.216 e. The second-order valence-corrected chi connectivity index (χ2v) is 5.93. The number of methoxy groups -OCH3 is 1. The van der Waals surface area contributed by atoms with Crippen molar-refractivity contribution in [3.05, 3.63) is 0 Å². The zero-order chi connectivity index (χ0) is 11.3. The number of hydrogen-bond acceptors (Lipinski definition) is 4. The summed E-state index contributed by atoms with van der Waals surface area (Å²) in [6.45, 7) is 1.50. The lowest BCUT2D eigenvalue weighted by molar-refractivity contribution is 0.121. The molecule has 0 bridgehead atoms. The van der Waals surface area contributed by atoms with Crippen molar-refractivity contribution in [3.8, 4) is 0 Å². The molecule has 1 rings (SSSR count). The fourth-order valence-electron chi connectivity index (χ4n) is 1.83. The average molecular weight is 237 g/mol. The summed E-state index contributed by atoms with van der Waals surface area (Å²) in [4.78, 5) is 0. The second kappa shape index (κ2) is 5.79. The third-order valence-corrected chi connectivity index (χ3v) is 4.57. The molecule has 0 aromatic heterocycles. The maximum atomic E-state index is 11.6. The van der Waals surface area contributed by atoms with Crippen LogP contribution in [0.1, 0.15) is 12.8 Å². The van der Waals surface area contributed by atoms with Crippen molar-refractivity contribution in [2.24, 2.45) is 5.92 Å². The van der Waals surface area contributed by atoms with Gasteiger partial charge in [-0.1, -0.05) is 0 Å². The zero-order valence-electron chi connectivity index (χ0n) is 9.05. The molecule has 1 N–H and O–H groups in total. The predicted molar refractivity (Wildman–Crippen MR) is 57.0 cm³/mol. The maximum absolute atomic E-state index is 11.6. The summed E-state index contributed by atoms with van der Waals surface area (Å²) in [7, 11) is -1.57. The van der Waals surface area contributed by atoms with Gasteiger partial charge in [0.1, 0.15) is 0 Å². The quantitative estimate of drug-likeness (QED) is 0.711. The number of rotatable bonds is 5. The van der Waals surface area contributed by atoms with E-state index in [4.69, 9.17) is 9.84 Å². The first-order valence-electron chi connectivity index (χ1n) is 5.17. The van der Waals surface area contributed by atoms with Gasteiger partial charge in [-0.3, -0.25) is 0 Å². The van der Waals surface area contributed by atoms with Gasteiger partial charge in [0.25, 0.3) is 0 Å². The summed E-state index contributed by atoms with van der Waals surface area (Å²) in [6.07, 6.45) is 1.69. The Hall–Kier alpha value is -0.170. The molecule has 0 radical (unpaired) electrons. The lowest BCUT2D eigenvalue weighted by Gasteiger charge is -2.30. The molecule has 90 valence electrons. The monoisotopic (exact) mass is 237 g/mol. The van der Waals surface area contributed by atoms with Crippen molar-refractivity contribution in [2.45, 2.75) is 12.8 Å². The van der Waals surface area contributed by atoms with Crippen molar-refractivity contribution in [2.75, 3.05) is 39.2 Å². The van der Waals surface area contributed by atoms with Crippen LogP contribution < -0.4 is 0 Å². The number of piperidine rings is 1. The van der Waals surface area contributed by atoms with Crippen LogP contribution in [0.3, 0.4) is 0 Å². The number of nitrogens with zero attached hydrogens (tertiary/aromatic N) is 1. The minimum Gasteiger partial charge on any atom is -0.395 e.